The number of hydrogen-bond donors (Lipinski definition) is 0. The fourth-order valence-electron chi connectivity index (χ4n) is 2.36. The molecular formula is C13H16F3N3O. The van der Waals surface area contributed by atoms with Crippen molar-refractivity contribution in [3.05, 3.63) is 23.9 Å². The highest BCUT2D eigenvalue weighted by Crippen LogP contribution is 2.30. The van der Waals surface area contributed by atoms with Crippen molar-refractivity contribution < 1.29 is 18.0 Å². The summed E-state index contributed by atoms with van der Waals surface area (Å²) >= 11 is 0. The minimum atomic E-state index is -4.37. The van der Waals surface area contributed by atoms with Crippen molar-refractivity contribution in [1.29, 1.82) is 0 Å². The molecule has 2 heterocycles. The van der Waals surface area contributed by atoms with E-state index < -0.39 is 11.7 Å². The Balaban J connectivity index is 2.06. The monoisotopic (exact) mass is 287 g/mol. The first-order valence-electron chi connectivity index (χ1n) is 6.25. The molecule has 0 aromatic carbocycles. The minimum absolute atomic E-state index is 0.0698. The zero-order valence-electron chi connectivity index (χ0n) is 11.3. The Bertz CT molecular complexity index is 504. The number of anilines is 1. The van der Waals surface area contributed by atoms with Crippen LogP contribution in [0.1, 0.15) is 12.0 Å². The fourth-order valence-corrected chi connectivity index (χ4v) is 2.36. The summed E-state index contributed by atoms with van der Waals surface area (Å²) in [6.45, 7) is 1.13. The summed E-state index contributed by atoms with van der Waals surface area (Å²) in [5.74, 6) is 0.455. The first kappa shape index (κ1) is 14.6. The molecule has 4 nitrogen and oxygen atoms in total. The summed E-state index contributed by atoms with van der Waals surface area (Å²) in [5, 5.41) is 0. The van der Waals surface area contributed by atoms with Gasteiger partial charge in [-0.2, -0.15) is 13.2 Å². The van der Waals surface area contributed by atoms with Crippen molar-refractivity contribution in [2.24, 2.45) is 5.92 Å². The van der Waals surface area contributed by atoms with Gasteiger partial charge in [-0.15, -0.1) is 0 Å². The van der Waals surface area contributed by atoms with Crippen LogP contribution in [0.4, 0.5) is 19.0 Å². The van der Waals surface area contributed by atoms with E-state index in [4.69, 9.17) is 0 Å². The second kappa shape index (κ2) is 5.30. The van der Waals surface area contributed by atoms with Crippen molar-refractivity contribution in [2.45, 2.75) is 12.6 Å². The van der Waals surface area contributed by atoms with Gasteiger partial charge in [0.2, 0.25) is 5.91 Å². The topological polar surface area (TPSA) is 36.4 Å². The Hall–Kier alpha value is -1.79. The van der Waals surface area contributed by atoms with E-state index in [9.17, 15) is 18.0 Å². The van der Waals surface area contributed by atoms with Crippen LogP contribution < -0.4 is 4.90 Å². The third-order valence-corrected chi connectivity index (χ3v) is 3.42. The zero-order valence-corrected chi connectivity index (χ0v) is 11.3. The molecule has 1 atom stereocenters. The lowest BCUT2D eigenvalue weighted by molar-refractivity contribution is -0.137. The molecule has 1 aromatic rings. The summed E-state index contributed by atoms with van der Waals surface area (Å²) in [4.78, 5) is 18.7. The molecule has 1 saturated heterocycles. The van der Waals surface area contributed by atoms with Gasteiger partial charge in [0.15, 0.2) is 0 Å². The summed E-state index contributed by atoms with van der Waals surface area (Å²) in [7, 11) is 3.41. The second-order valence-electron chi connectivity index (χ2n) is 5.13. The summed E-state index contributed by atoms with van der Waals surface area (Å²) in [6.07, 6.45) is -2.79. The van der Waals surface area contributed by atoms with Crippen molar-refractivity contribution in [3.63, 3.8) is 0 Å². The predicted molar refractivity (Wildman–Crippen MR) is 68.3 cm³/mol. The van der Waals surface area contributed by atoms with Crippen LogP contribution in [0, 0.1) is 5.92 Å². The number of amides is 1. The van der Waals surface area contributed by atoms with Crippen molar-refractivity contribution in [2.75, 3.05) is 32.1 Å². The molecule has 0 aliphatic carbocycles. The second-order valence-corrected chi connectivity index (χ2v) is 5.13. The number of hydrogen-bond acceptors (Lipinski definition) is 3. The molecule has 0 radical (unpaired) electrons. The molecule has 0 spiro atoms. The standard InChI is InChI=1S/C13H16F3N3O/c1-18(7-9-5-12(20)19(2)8-9)11-6-10(3-4-17-11)13(14,15)16/h3-4,6,9H,5,7-8H2,1-2H3. The number of aromatic nitrogens is 1. The lowest BCUT2D eigenvalue weighted by Crippen LogP contribution is -2.28. The lowest BCUT2D eigenvalue weighted by atomic mass is 10.1. The fraction of sp³-hybridized carbons (Fsp3) is 0.538. The van der Waals surface area contributed by atoms with Gasteiger partial charge in [-0.1, -0.05) is 0 Å². The van der Waals surface area contributed by atoms with Crippen molar-refractivity contribution in [1.82, 2.24) is 9.88 Å². The van der Waals surface area contributed by atoms with Gasteiger partial charge in [0.1, 0.15) is 5.82 Å². The van der Waals surface area contributed by atoms with E-state index in [0.29, 0.717) is 19.5 Å². The highest BCUT2D eigenvalue weighted by Gasteiger charge is 2.32. The van der Waals surface area contributed by atoms with Gasteiger partial charge in [-0.25, -0.2) is 4.98 Å². The van der Waals surface area contributed by atoms with E-state index in [-0.39, 0.29) is 17.6 Å². The van der Waals surface area contributed by atoms with Gasteiger partial charge in [0, 0.05) is 45.7 Å². The number of halogens is 3. The van der Waals surface area contributed by atoms with Gasteiger partial charge in [-0.3, -0.25) is 4.79 Å². The number of alkyl halides is 3. The smallest absolute Gasteiger partial charge is 0.359 e. The summed E-state index contributed by atoms with van der Waals surface area (Å²) < 4.78 is 37.9. The number of rotatable bonds is 3. The van der Waals surface area contributed by atoms with Crippen LogP contribution in [0.2, 0.25) is 0 Å². The summed E-state index contributed by atoms with van der Waals surface area (Å²) in [5.41, 5.74) is -0.714. The zero-order chi connectivity index (χ0) is 14.9. The Kier molecular flexibility index (Phi) is 3.87. The molecule has 1 aliphatic heterocycles. The Labute approximate surface area is 115 Å². The van der Waals surface area contributed by atoms with E-state index in [0.717, 1.165) is 18.3 Å². The highest BCUT2D eigenvalue weighted by molar-refractivity contribution is 5.78. The number of carbonyl (C=O) groups excluding carboxylic acids is 1. The molecule has 1 aliphatic rings. The van der Waals surface area contributed by atoms with Gasteiger partial charge in [-0.05, 0) is 12.1 Å². The van der Waals surface area contributed by atoms with E-state index >= 15 is 0 Å². The van der Waals surface area contributed by atoms with E-state index in [1.807, 2.05) is 0 Å². The van der Waals surface area contributed by atoms with Crippen LogP contribution in [0.25, 0.3) is 0 Å². The lowest BCUT2D eigenvalue weighted by Gasteiger charge is -2.22. The maximum absolute atomic E-state index is 12.6. The average molecular weight is 287 g/mol. The van der Waals surface area contributed by atoms with Crippen LogP contribution in [0.3, 0.4) is 0 Å². The van der Waals surface area contributed by atoms with Crippen LogP contribution >= 0.6 is 0 Å². The Morgan fingerprint density at radius 3 is 2.75 bits per heavy atom. The average Bonchev–Trinajstić information content (AvgIpc) is 2.67. The third kappa shape index (κ3) is 3.20. The van der Waals surface area contributed by atoms with Gasteiger partial charge in [0.25, 0.3) is 0 Å². The van der Waals surface area contributed by atoms with E-state index in [1.165, 1.54) is 0 Å². The van der Waals surface area contributed by atoms with Crippen molar-refractivity contribution in [3.8, 4) is 0 Å². The number of carbonyl (C=O) groups is 1. The number of nitrogens with zero attached hydrogens (tertiary/aromatic N) is 3. The molecule has 110 valence electrons. The van der Waals surface area contributed by atoms with Crippen LogP contribution in [-0.4, -0.2) is 43.0 Å². The molecule has 1 aromatic heterocycles. The van der Waals surface area contributed by atoms with Gasteiger partial charge >= 0.3 is 6.18 Å². The van der Waals surface area contributed by atoms with Crippen molar-refractivity contribution >= 4 is 11.7 Å². The molecular weight excluding hydrogens is 271 g/mol. The largest absolute Gasteiger partial charge is 0.416 e. The Morgan fingerprint density at radius 2 is 2.20 bits per heavy atom. The normalized spacial score (nSPS) is 19.6. The molecule has 20 heavy (non-hydrogen) atoms. The maximum atomic E-state index is 12.6. The Morgan fingerprint density at radius 1 is 1.50 bits per heavy atom. The SMILES string of the molecule is CN1CC(CN(C)c2cc(C(F)(F)F)ccn2)CC1=O. The highest BCUT2D eigenvalue weighted by atomic mass is 19.4. The molecule has 2 rings (SSSR count). The third-order valence-electron chi connectivity index (χ3n) is 3.42. The minimum Gasteiger partial charge on any atom is -0.359 e. The summed E-state index contributed by atoms with van der Waals surface area (Å²) in [6, 6.07) is 1.98. The molecule has 7 heteroatoms. The first-order chi connectivity index (χ1) is 9.27. The molecule has 0 N–H and O–H groups in total. The molecule has 0 bridgehead atoms. The molecule has 1 unspecified atom stereocenters. The molecule has 1 fully saturated rings. The molecule has 0 saturated carbocycles. The first-order valence-corrected chi connectivity index (χ1v) is 6.25. The predicted octanol–water partition coefficient (Wildman–Crippen LogP) is 2.01. The number of pyridine rings is 1. The van der Waals surface area contributed by atoms with E-state index in [2.05, 4.69) is 4.98 Å². The molecule has 1 amide bonds. The van der Waals surface area contributed by atoms with Gasteiger partial charge < -0.3 is 9.80 Å². The van der Waals surface area contributed by atoms with Crippen LogP contribution in [-0.2, 0) is 11.0 Å². The van der Waals surface area contributed by atoms with Crippen LogP contribution in [0.15, 0.2) is 18.3 Å². The van der Waals surface area contributed by atoms with Crippen LogP contribution in [0.5, 0.6) is 0 Å². The maximum Gasteiger partial charge on any atom is 0.416 e. The quantitative estimate of drug-likeness (QED) is 0.853. The van der Waals surface area contributed by atoms with E-state index in [1.54, 1.807) is 23.9 Å². The number of likely N-dealkylation sites (tertiary alicyclic amines) is 1. The van der Waals surface area contributed by atoms with Gasteiger partial charge in [0.05, 0.1) is 5.56 Å².